The maximum absolute atomic E-state index is 11.9. The number of hydrogen-bond donors (Lipinski definition) is 2. The van der Waals surface area contributed by atoms with Crippen molar-refractivity contribution in [2.24, 2.45) is 11.8 Å². The summed E-state index contributed by atoms with van der Waals surface area (Å²) in [6.45, 7) is 7.44. The number of hydrogen-bond acceptors (Lipinski definition) is 6. The molecule has 3 heterocycles. The maximum Gasteiger partial charge on any atom is 0.334 e. The van der Waals surface area contributed by atoms with Crippen molar-refractivity contribution >= 4 is 5.97 Å². The predicted molar refractivity (Wildman–Crippen MR) is 68.1 cm³/mol. The van der Waals surface area contributed by atoms with Crippen LogP contribution in [0.4, 0.5) is 0 Å². The molecule has 5 aliphatic rings. The van der Waals surface area contributed by atoms with Gasteiger partial charge in [-0.25, -0.2) is 4.79 Å². The molecular formula is C15H18O6. The Hall–Kier alpha value is -0.950. The van der Waals surface area contributed by atoms with Gasteiger partial charge in [-0.1, -0.05) is 6.58 Å². The van der Waals surface area contributed by atoms with Crippen molar-refractivity contribution in [3.05, 3.63) is 12.2 Å². The topological polar surface area (TPSA) is 91.8 Å². The fourth-order valence-corrected chi connectivity index (χ4v) is 5.36. The summed E-state index contributed by atoms with van der Waals surface area (Å²) in [5, 5.41) is 21.5. The Kier molecular flexibility index (Phi) is 1.83. The van der Waals surface area contributed by atoms with E-state index in [1.54, 1.807) is 6.92 Å². The molecule has 0 bridgehead atoms. The molecule has 0 aromatic rings. The second-order valence-electron chi connectivity index (χ2n) is 7.50. The van der Waals surface area contributed by atoms with Crippen LogP contribution in [-0.4, -0.2) is 57.4 Å². The van der Waals surface area contributed by atoms with Crippen molar-refractivity contribution in [2.75, 3.05) is 0 Å². The first-order valence-corrected chi connectivity index (χ1v) is 7.40. The molecule has 0 aromatic heterocycles. The molecule has 5 rings (SSSR count). The zero-order valence-corrected chi connectivity index (χ0v) is 11.9. The van der Waals surface area contributed by atoms with Crippen LogP contribution in [0.2, 0.25) is 0 Å². The van der Waals surface area contributed by atoms with E-state index in [0.717, 1.165) is 0 Å². The van der Waals surface area contributed by atoms with Crippen LogP contribution in [0, 0.1) is 11.8 Å². The molecule has 114 valence electrons. The van der Waals surface area contributed by atoms with E-state index in [1.807, 2.05) is 6.92 Å². The molecule has 1 spiro atoms. The number of carbonyl (C=O) groups excluding carboxylic acids is 1. The minimum atomic E-state index is -1.18. The largest absolute Gasteiger partial charge is 0.458 e. The van der Waals surface area contributed by atoms with E-state index < -0.39 is 40.9 Å². The van der Waals surface area contributed by atoms with Gasteiger partial charge >= 0.3 is 5.97 Å². The lowest BCUT2D eigenvalue weighted by Crippen LogP contribution is -2.53. The lowest BCUT2D eigenvalue weighted by atomic mass is 9.74. The molecule has 5 fully saturated rings. The zero-order valence-electron chi connectivity index (χ0n) is 11.9. The second-order valence-corrected chi connectivity index (χ2v) is 7.50. The Labute approximate surface area is 121 Å². The fourth-order valence-electron chi connectivity index (χ4n) is 5.36. The van der Waals surface area contributed by atoms with Crippen LogP contribution < -0.4 is 0 Å². The quantitative estimate of drug-likeness (QED) is 0.356. The van der Waals surface area contributed by atoms with Gasteiger partial charge in [0.15, 0.2) is 0 Å². The monoisotopic (exact) mass is 294 g/mol. The van der Waals surface area contributed by atoms with E-state index in [4.69, 9.17) is 14.2 Å². The number of aliphatic hydroxyl groups is 2. The molecule has 9 atom stereocenters. The summed E-state index contributed by atoms with van der Waals surface area (Å²) in [6, 6.07) is 0. The molecule has 2 N–H and O–H groups in total. The number of fused-ring (bicyclic) bond motifs is 5. The minimum Gasteiger partial charge on any atom is -0.458 e. The van der Waals surface area contributed by atoms with Gasteiger partial charge in [0.2, 0.25) is 0 Å². The van der Waals surface area contributed by atoms with Crippen molar-refractivity contribution in [1.29, 1.82) is 0 Å². The highest BCUT2D eigenvalue weighted by atomic mass is 16.7. The standard InChI is InChI=1S/C15H18O6/c1-5-7-6(16)4-13(2,18)15-9(8(7)19-12(5)17)14(3)10(20-14)11(15)21-15/h6-11,16,18H,1,4H2,2-3H3/t6-,7+,8-,9-,10+,11-,13+,14-,15+/m0/s1. The third kappa shape index (κ3) is 1.10. The molecule has 0 amide bonds. The summed E-state index contributed by atoms with van der Waals surface area (Å²) in [6.07, 6.45) is -1.52. The number of aliphatic hydroxyl groups excluding tert-OH is 1. The van der Waals surface area contributed by atoms with E-state index in [1.165, 1.54) is 0 Å². The molecule has 0 aromatic carbocycles. The maximum atomic E-state index is 11.9. The zero-order chi connectivity index (χ0) is 14.9. The minimum absolute atomic E-state index is 0.0579. The lowest BCUT2D eigenvalue weighted by Gasteiger charge is -2.36. The number of rotatable bonds is 0. The first-order chi connectivity index (χ1) is 9.74. The number of carbonyl (C=O) groups is 1. The van der Waals surface area contributed by atoms with Gasteiger partial charge in [0, 0.05) is 12.0 Å². The first kappa shape index (κ1) is 12.6. The van der Waals surface area contributed by atoms with Gasteiger partial charge in [-0.05, 0) is 13.8 Å². The predicted octanol–water partition coefficient (Wildman–Crippen LogP) is -0.475. The van der Waals surface area contributed by atoms with Gasteiger partial charge in [-0.3, -0.25) is 0 Å². The average Bonchev–Trinajstić information content (AvgIpc) is 3.21. The molecular weight excluding hydrogens is 276 g/mol. The number of ether oxygens (including phenoxy) is 3. The smallest absolute Gasteiger partial charge is 0.334 e. The molecule has 0 unspecified atom stereocenters. The molecule has 3 saturated heterocycles. The Balaban J connectivity index is 1.69. The molecule has 6 heteroatoms. The van der Waals surface area contributed by atoms with Gasteiger partial charge in [0.1, 0.15) is 29.5 Å². The number of esters is 1. The van der Waals surface area contributed by atoms with Crippen molar-refractivity contribution in [1.82, 2.24) is 0 Å². The van der Waals surface area contributed by atoms with Crippen molar-refractivity contribution < 1.29 is 29.2 Å². The first-order valence-electron chi connectivity index (χ1n) is 7.40. The Bertz CT molecular complexity index is 599. The van der Waals surface area contributed by atoms with Gasteiger partial charge in [0.05, 0.1) is 23.5 Å². The van der Waals surface area contributed by atoms with Crippen molar-refractivity contribution in [3.8, 4) is 0 Å². The highest BCUT2D eigenvalue weighted by Crippen LogP contribution is 2.75. The van der Waals surface area contributed by atoms with Gasteiger partial charge in [0.25, 0.3) is 0 Å². The molecule has 2 saturated carbocycles. The van der Waals surface area contributed by atoms with Crippen LogP contribution in [0.25, 0.3) is 0 Å². The molecule has 6 nitrogen and oxygen atoms in total. The van der Waals surface area contributed by atoms with Crippen molar-refractivity contribution in [2.45, 2.75) is 61.5 Å². The molecule has 2 aliphatic carbocycles. The summed E-state index contributed by atoms with van der Waals surface area (Å²) in [4.78, 5) is 11.9. The Morgan fingerprint density at radius 2 is 2.00 bits per heavy atom. The summed E-state index contributed by atoms with van der Waals surface area (Å²) >= 11 is 0. The van der Waals surface area contributed by atoms with Crippen LogP contribution in [0.3, 0.4) is 0 Å². The van der Waals surface area contributed by atoms with E-state index in [2.05, 4.69) is 6.58 Å². The normalized spacial score (nSPS) is 66.7. The summed E-state index contributed by atoms with van der Waals surface area (Å²) in [5.74, 6) is -1.25. The molecule has 0 radical (unpaired) electrons. The highest BCUT2D eigenvalue weighted by molar-refractivity contribution is 5.91. The van der Waals surface area contributed by atoms with Gasteiger partial charge in [-0.15, -0.1) is 0 Å². The van der Waals surface area contributed by atoms with Crippen LogP contribution in [0.15, 0.2) is 12.2 Å². The highest BCUT2D eigenvalue weighted by Gasteiger charge is 2.93. The Morgan fingerprint density at radius 3 is 2.71 bits per heavy atom. The van der Waals surface area contributed by atoms with Crippen LogP contribution in [0.5, 0.6) is 0 Å². The van der Waals surface area contributed by atoms with E-state index >= 15 is 0 Å². The SMILES string of the molecule is C=C1C(=O)O[C@H]2[C@H]1[C@@H](O)C[C@@](C)(O)[C@]13O[C@H]1[C@H]1O[C@@]1(C)[C@H]23. The van der Waals surface area contributed by atoms with Crippen molar-refractivity contribution in [3.63, 3.8) is 0 Å². The van der Waals surface area contributed by atoms with Crippen LogP contribution in [-0.2, 0) is 19.0 Å². The van der Waals surface area contributed by atoms with E-state index in [9.17, 15) is 15.0 Å². The Morgan fingerprint density at radius 1 is 1.29 bits per heavy atom. The van der Waals surface area contributed by atoms with E-state index in [0.29, 0.717) is 0 Å². The van der Waals surface area contributed by atoms with Gasteiger partial charge < -0.3 is 24.4 Å². The molecule has 3 aliphatic heterocycles. The lowest BCUT2D eigenvalue weighted by molar-refractivity contribution is -0.147. The third-order valence-corrected chi connectivity index (χ3v) is 6.38. The molecule has 21 heavy (non-hydrogen) atoms. The average molecular weight is 294 g/mol. The summed E-state index contributed by atoms with van der Waals surface area (Å²) < 4.78 is 17.2. The number of epoxide rings is 2. The van der Waals surface area contributed by atoms with E-state index in [-0.39, 0.29) is 30.1 Å². The van der Waals surface area contributed by atoms with Crippen LogP contribution in [0.1, 0.15) is 20.3 Å². The van der Waals surface area contributed by atoms with Gasteiger partial charge in [-0.2, -0.15) is 0 Å². The summed E-state index contributed by atoms with van der Waals surface area (Å²) in [7, 11) is 0. The second kappa shape index (κ2) is 3.06. The fraction of sp³-hybridized carbons (Fsp3) is 0.800. The third-order valence-electron chi connectivity index (χ3n) is 6.38. The van der Waals surface area contributed by atoms with Crippen LogP contribution >= 0.6 is 0 Å². The summed E-state index contributed by atoms with van der Waals surface area (Å²) in [5.41, 5.74) is -2.13.